The molecule has 1 aromatic heterocycles. The molecule has 1 heterocycles. The van der Waals surface area contributed by atoms with E-state index in [2.05, 4.69) is 10.6 Å². The number of carbonyl (C=O) groups is 3. The van der Waals surface area contributed by atoms with Gasteiger partial charge in [-0.1, -0.05) is 36.4 Å². The van der Waals surface area contributed by atoms with Crippen LogP contribution in [0.1, 0.15) is 30.0 Å². The predicted octanol–water partition coefficient (Wildman–Crippen LogP) is 2.69. The maximum absolute atomic E-state index is 12.4. The first kappa shape index (κ1) is 19.4. The van der Waals surface area contributed by atoms with Crippen molar-refractivity contribution in [1.29, 1.82) is 0 Å². The average Bonchev–Trinajstić information content (AvgIpc) is 3.01. The summed E-state index contributed by atoms with van der Waals surface area (Å²) in [4.78, 5) is 35.7. The molecule has 3 rings (SSSR count). The van der Waals surface area contributed by atoms with Crippen molar-refractivity contribution in [1.82, 2.24) is 10.6 Å². The van der Waals surface area contributed by atoms with Crippen LogP contribution >= 0.6 is 0 Å². The van der Waals surface area contributed by atoms with E-state index in [-0.39, 0.29) is 24.3 Å². The maximum atomic E-state index is 12.4. The molecule has 0 spiro atoms. The zero-order chi connectivity index (χ0) is 20.3. The Morgan fingerprint density at radius 1 is 1.04 bits per heavy atom. The minimum Gasteiger partial charge on any atom is -0.450 e. The SMILES string of the molecule is Cc1c(C(=O)OCC(=O)NCC(=O)NC(C)C)oc2c1ccc1ccccc12. The molecule has 0 aliphatic heterocycles. The molecule has 2 N–H and O–H groups in total. The summed E-state index contributed by atoms with van der Waals surface area (Å²) in [5.41, 5.74) is 1.26. The van der Waals surface area contributed by atoms with Gasteiger partial charge in [-0.3, -0.25) is 9.59 Å². The van der Waals surface area contributed by atoms with Crippen molar-refractivity contribution in [3.05, 3.63) is 47.7 Å². The van der Waals surface area contributed by atoms with Crippen LogP contribution in [0, 0.1) is 6.92 Å². The van der Waals surface area contributed by atoms with Crippen LogP contribution in [0.3, 0.4) is 0 Å². The fraction of sp³-hybridized carbons (Fsp3) is 0.286. The number of rotatable bonds is 6. The lowest BCUT2D eigenvalue weighted by molar-refractivity contribution is -0.128. The molecule has 146 valence electrons. The molecule has 28 heavy (non-hydrogen) atoms. The van der Waals surface area contributed by atoms with Gasteiger partial charge in [-0.05, 0) is 26.2 Å². The second-order valence-electron chi connectivity index (χ2n) is 6.79. The minimum atomic E-state index is -0.723. The van der Waals surface area contributed by atoms with Gasteiger partial charge in [-0.15, -0.1) is 0 Å². The Balaban J connectivity index is 1.67. The van der Waals surface area contributed by atoms with Crippen molar-refractivity contribution in [3.8, 4) is 0 Å². The highest BCUT2D eigenvalue weighted by Crippen LogP contribution is 2.31. The third-order valence-electron chi connectivity index (χ3n) is 4.24. The second kappa shape index (κ2) is 8.12. The standard InChI is InChI=1S/C21H22N2O5/c1-12(2)23-17(24)10-22-18(25)11-27-21(26)19-13(3)15-9-8-14-6-4-5-7-16(14)20(15)28-19/h4-9,12H,10-11H2,1-3H3,(H,22,25)(H,23,24). The van der Waals surface area contributed by atoms with E-state index in [4.69, 9.17) is 9.15 Å². The molecule has 0 radical (unpaired) electrons. The van der Waals surface area contributed by atoms with Gasteiger partial charge >= 0.3 is 5.97 Å². The molecular formula is C21H22N2O5. The summed E-state index contributed by atoms with van der Waals surface area (Å²) in [7, 11) is 0. The number of hydrogen-bond donors (Lipinski definition) is 2. The van der Waals surface area contributed by atoms with Crippen molar-refractivity contribution < 1.29 is 23.5 Å². The van der Waals surface area contributed by atoms with Gasteiger partial charge in [0, 0.05) is 22.4 Å². The Morgan fingerprint density at radius 2 is 1.79 bits per heavy atom. The lowest BCUT2D eigenvalue weighted by atomic mass is 10.1. The van der Waals surface area contributed by atoms with Crippen molar-refractivity contribution >= 4 is 39.5 Å². The van der Waals surface area contributed by atoms with E-state index < -0.39 is 18.5 Å². The highest BCUT2D eigenvalue weighted by atomic mass is 16.5. The van der Waals surface area contributed by atoms with Gasteiger partial charge in [0.05, 0.1) is 6.54 Å². The lowest BCUT2D eigenvalue weighted by Gasteiger charge is -2.09. The molecular weight excluding hydrogens is 360 g/mol. The number of carbonyl (C=O) groups excluding carboxylic acids is 3. The number of nitrogens with one attached hydrogen (secondary N) is 2. The molecule has 0 saturated heterocycles. The molecule has 2 amide bonds. The number of fused-ring (bicyclic) bond motifs is 3. The van der Waals surface area contributed by atoms with E-state index in [0.717, 1.165) is 16.2 Å². The zero-order valence-electron chi connectivity index (χ0n) is 16.0. The fourth-order valence-corrected chi connectivity index (χ4v) is 2.94. The Hall–Kier alpha value is -3.35. The highest BCUT2D eigenvalue weighted by Gasteiger charge is 2.21. The summed E-state index contributed by atoms with van der Waals surface area (Å²) in [6, 6.07) is 11.6. The Kier molecular flexibility index (Phi) is 5.63. The Bertz CT molecular complexity index is 1050. The summed E-state index contributed by atoms with van der Waals surface area (Å²) < 4.78 is 10.8. The number of aryl methyl sites for hydroxylation is 1. The first-order valence-electron chi connectivity index (χ1n) is 9.01. The topological polar surface area (TPSA) is 97.6 Å². The molecule has 0 aliphatic rings. The van der Waals surface area contributed by atoms with E-state index >= 15 is 0 Å². The number of hydrogen-bond acceptors (Lipinski definition) is 5. The van der Waals surface area contributed by atoms with E-state index in [1.165, 1.54) is 0 Å². The normalized spacial score (nSPS) is 11.0. The van der Waals surface area contributed by atoms with Gasteiger partial charge in [0.2, 0.25) is 11.7 Å². The third kappa shape index (κ3) is 4.14. The van der Waals surface area contributed by atoms with Crippen LogP contribution in [-0.4, -0.2) is 37.0 Å². The molecule has 2 aromatic carbocycles. The molecule has 0 unspecified atom stereocenters. The van der Waals surface area contributed by atoms with Gasteiger partial charge in [0.25, 0.3) is 5.91 Å². The van der Waals surface area contributed by atoms with Crippen LogP contribution in [-0.2, 0) is 14.3 Å². The molecule has 3 aromatic rings. The maximum Gasteiger partial charge on any atom is 0.375 e. The summed E-state index contributed by atoms with van der Waals surface area (Å²) in [5.74, 6) is -1.53. The Morgan fingerprint density at radius 3 is 2.54 bits per heavy atom. The average molecular weight is 382 g/mol. The number of furan rings is 1. The number of esters is 1. The lowest BCUT2D eigenvalue weighted by Crippen LogP contribution is -2.41. The molecule has 0 aliphatic carbocycles. The largest absolute Gasteiger partial charge is 0.450 e. The highest BCUT2D eigenvalue weighted by molar-refractivity contribution is 6.08. The van der Waals surface area contributed by atoms with Crippen molar-refractivity contribution in [2.75, 3.05) is 13.2 Å². The van der Waals surface area contributed by atoms with Crippen LogP contribution in [0.2, 0.25) is 0 Å². The zero-order valence-corrected chi connectivity index (χ0v) is 16.0. The first-order valence-corrected chi connectivity index (χ1v) is 9.01. The number of amides is 2. The van der Waals surface area contributed by atoms with Gasteiger partial charge in [-0.25, -0.2) is 4.79 Å². The van der Waals surface area contributed by atoms with Gasteiger partial charge < -0.3 is 19.8 Å². The van der Waals surface area contributed by atoms with E-state index in [1.807, 2.05) is 50.2 Å². The predicted molar refractivity (Wildman–Crippen MR) is 105 cm³/mol. The quantitative estimate of drug-likeness (QED) is 0.639. The third-order valence-corrected chi connectivity index (χ3v) is 4.24. The van der Waals surface area contributed by atoms with Crippen molar-refractivity contribution in [2.45, 2.75) is 26.8 Å². The van der Waals surface area contributed by atoms with Crippen molar-refractivity contribution in [3.63, 3.8) is 0 Å². The van der Waals surface area contributed by atoms with E-state index in [1.54, 1.807) is 6.92 Å². The number of ether oxygens (including phenoxy) is 1. The van der Waals surface area contributed by atoms with Crippen LogP contribution in [0.5, 0.6) is 0 Å². The smallest absolute Gasteiger partial charge is 0.375 e. The fourth-order valence-electron chi connectivity index (χ4n) is 2.94. The second-order valence-corrected chi connectivity index (χ2v) is 6.79. The summed E-state index contributed by atoms with van der Waals surface area (Å²) in [6.07, 6.45) is 0. The molecule has 0 saturated carbocycles. The molecule has 7 heteroatoms. The van der Waals surface area contributed by atoms with Crippen LogP contribution < -0.4 is 10.6 Å². The molecule has 0 fully saturated rings. The molecule has 0 atom stereocenters. The van der Waals surface area contributed by atoms with E-state index in [0.29, 0.717) is 11.1 Å². The minimum absolute atomic E-state index is 0.0191. The van der Waals surface area contributed by atoms with Gasteiger partial charge in [0.15, 0.2) is 6.61 Å². The van der Waals surface area contributed by atoms with Crippen LogP contribution in [0.15, 0.2) is 40.8 Å². The van der Waals surface area contributed by atoms with Crippen LogP contribution in [0.25, 0.3) is 21.7 Å². The van der Waals surface area contributed by atoms with Crippen LogP contribution in [0.4, 0.5) is 0 Å². The molecule has 0 bridgehead atoms. The summed E-state index contributed by atoms with van der Waals surface area (Å²) in [6.45, 7) is 4.74. The molecule has 7 nitrogen and oxygen atoms in total. The summed E-state index contributed by atoms with van der Waals surface area (Å²) in [5, 5.41) is 7.77. The summed E-state index contributed by atoms with van der Waals surface area (Å²) >= 11 is 0. The first-order chi connectivity index (χ1) is 13.4. The van der Waals surface area contributed by atoms with E-state index in [9.17, 15) is 14.4 Å². The van der Waals surface area contributed by atoms with Gasteiger partial charge in [0.1, 0.15) is 5.58 Å². The van der Waals surface area contributed by atoms with Crippen molar-refractivity contribution in [2.24, 2.45) is 0 Å². The Labute approximate surface area is 162 Å². The van der Waals surface area contributed by atoms with Gasteiger partial charge in [-0.2, -0.15) is 0 Å². The monoisotopic (exact) mass is 382 g/mol. The number of benzene rings is 2.